The minimum Gasteiger partial charge on any atom is -0.372 e. The fourth-order valence-corrected chi connectivity index (χ4v) is 2.82. The first-order valence-electron chi connectivity index (χ1n) is 7.12. The molecule has 21 heavy (non-hydrogen) atoms. The van der Waals surface area contributed by atoms with Crippen LogP contribution in [-0.2, 0) is 6.54 Å². The summed E-state index contributed by atoms with van der Waals surface area (Å²) in [7, 11) is 1.78. The molecule has 1 unspecified atom stereocenters. The Morgan fingerprint density at radius 1 is 1.48 bits per heavy atom. The molecule has 0 spiro atoms. The average Bonchev–Trinajstić information content (AvgIpc) is 3.04. The van der Waals surface area contributed by atoms with Gasteiger partial charge in [0.15, 0.2) is 0 Å². The minimum absolute atomic E-state index is 0.0213. The van der Waals surface area contributed by atoms with Crippen LogP contribution in [0.2, 0.25) is 0 Å². The SMILES string of the molecule is CCC(C)N(Cc1ccsc1)C(=O)c1cccnc1NC. The number of anilines is 1. The van der Waals surface area contributed by atoms with Crippen molar-refractivity contribution in [3.05, 3.63) is 46.3 Å². The molecule has 2 aromatic heterocycles. The molecule has 0 aliphatic carbocycles. The third-order valence-electron chi connectivity index (χ3n) is 3.59. The van der Waals surface area contributed by atoms with Gasteiger partial charge in [0.05, 0.1) is 5.56 Å². The van der Waals surface area contributed by atoms with E-state index in [1.807, 2.05) is 16.3 Å². The van der Waals surface area contributed by atoms with Gasteiger partial charge in [-0.3, -0.25) is 4.79 Å². The first-order chi connectivity index (χ1) is 10.2. The van der Waals surface area contributed by atoms with Gasteiger partial charge in [-0.1, -0.05) is 6.92 Å². The molecule has 0 saturated heterocycles. The molecule has 112 valence electrons. The standard InChI is InChI=1S/C16H21N3OS/c1-4-12(2)19(10-13-7-9-21-11-13)16(20)14-6-5-8-18-15(14)17-3/h5-9,11-12H,4,10H2,1-3H3,(H,17,18). The third-order valence-corrected chi connectivity index (χ3v) is 4.32. The van der Waals surface area contributed by atoms with Crippen LogP contribution in [0.5, 0.6) is 0 Å². The monoisotopic (exact) mass is 303 g/mol. The highest BCUT2D eigenvalue weighted by Crippen LogP contribution is 2.20. The summed E-state index contributed by atoms with van der Waals surface area (Å²) in [6.07, 6.45) is 2.61. The Morgan fingerprint density at radius 3 is 2.90 bits per heavy atom. The molecule has 0 fully saturated rings. The molecular weight excluding hydrogens is 282 g/mol. The van der Waals surface area contributed by atoms with E-state index in [-0.39, 0.29) is 11.9 Å². The summed E-state index contributed by atoms with van der Waals surface area (Å²) in [6.45, 7) is 4.82. The summed E-state index contributed by atoms with van der Waals surface area (Å²) >= 11 is 1.65. The van der Waals surface area contributed by atoms with Crippen molar-refractivity contribution in [2.75, 3.05) is 12.4 Å². The molecule has 0 bridgehead atoms. The molecule has 4 nitrogen and oxygen atoms in total. The van der Waals surface area contributed by atoms with E-state index >= 15 is 0 Å². The van der Waals surface area contributed by atoms with Crippen LogP contribution in [0, 0.1) is 0 Å². The maximum Gasteiger partial charge on any atom is 0.258 e. The van der Waals surface area contributed by atoms with E-state index in [2.05, 4.69) is 35.6 Å². The lowest BCUT2D eigenvalue weighted by Crippen LogP contribution is -2.38. The van der Waals surface area contributed by atoms with Gasteiger partial charge in [-0.2, -0.15) is 11.3 Å². The fourth-order valence-electron chi connectivity index (χ4n) is 2.16. The molecule has 1 N–H and O–H groups in total. The quantitative estimate of drug-likeness (QED) is 0.886. The third kappa shape index (κ3) is 3.61. The van der Waals surface area contributed by atoms with Gasteiger partial charge in [0.25, 0.3) is 5.91 Å². The second-order valence-corrected chi connectivity index (χ2v) is 5.75. The average molecular weight is 303 g/mol. The smallest absolute Gasteiger partial charge is 0.258 e. The van der Waals surface area contributed by atoms with E-state index in [4.69, 9.17) is 0 Å². The lowest BCUT2D eigenvalue weighted by Gasteiger charge is -2.29. The van der Waals surface area contributed by atoms with Gasteiger partial charge >= 0.3 is 0 Å². The van der Waals surface area contributed by atoms with Crippen LogP contribution in [0.3, 0.4) is 0 Å². The van der Waals surface area contributed by atoms with E-state index in [9.17, 15) is 4.79 Å². The minimum atomic E-state index is 0.0213. The number of amides is 1. The Hall–Kier alpha value is -1.88. The van der Waals surface area contributed by atoms with Gasteiger partial charge in [0, 0.05) is 25.8 Å². The zero-order chi connectivity index (χ0) is 15.2. The molecule has 2 aromatic rings. The van der Waals surface area contributed by atoms with Gasteiger partial charge in [0.1, 0.15) is 5.82 Å². The Balaban J connectivity index is 2.29. The van der Waals surface area contributed by atoms with Crippen LogP contribution in [0.1, 0.15) is 36.2 Å². The molecule has 0 radical (unpaired) electrons. The highest BCUT2D eigenvalue weighted by atomic mass is 32.1. The summed E-state index contributed by atoms with van der Waals surface area (Å²) in [6, 6.07) is 5.87. The molecule has 0 saturated carbocycles. The van der Waals surface area contributed by atoms with Crippen LogP contribution < -0.4 is 5.32 Å². The maximum absolute atomic E-state index is 12.9. The predicted octanol–water partition coefficient (Wildman–Crippen LogP) is 3.63. The maximum atomic E-state index is 12.9. The predicted molar refractivity (Wildman–Crippen MR) is 87.7 cm³/mol. The number of nitrogens with zero attached hydrogens (tertiary/aromatic N) is 2. The summed E-state index contributed by atoms with van der Waals surface area (Å²) in [4.78, 5) is 19.0. The lowest BCUT2D eigenvalue weighted by molar-refractivity contribution is 0.0672. The fraction of sp³-hybridized carbons (Fsp3) is 0.375. The van der Waals surface area contributed by atoms with E-state index in [0.29, 0.717) is 17.9 Å². The number of rotatable bonds is 6. The number of nitrogens with one attached hydrogen (secondary N) is 1. The van der Waals surface area contributed by atoms with Gasteiger partial charge in [-0.05, 0) is 47.9 Å². The van der Waals surface area contributed by atoms with Crippen LogP contribution in [0.4, 0.5) is 5.82 Å². The molecule has 1 atom stereocenters. The lowest BCUT2D eigenvalue weighted by atomic mass is 10.1. The van der Waals surface area contributed by atoms with Crippen molar-refractivity contribution in [2.24, 2.45) is 0 Å². The molecule has 2 heterocycles. The van der Waals surface area contributed by atoms with Crippen molar-refractivity contribution in [2.45, 2.75) is 32.9 Å². The Labute approximate surface area is 129 Å². The van der Waals surface area contributed by atoms with Crippen molar-refractivity contribution in [3.8, 4) is 0 Å². The second-order valence-electron chi connectivity index (χ2n) is 4.97. The topological polar surface area (TPSA) is 45.2 Å². The molecule has 2 rings (SSSR count). The van der Waals surface area contributed by atoms with Gasteiger partial charge in [0.2, 0.25) is 0 Å². The largest absolute Gasteiger partial charge is 0.372 e. The van der Waals surface area contributed by atoms with E-state index in [1.54, 1.807) is 30.6 Å². The molecule has 0 aliphatic heterocycles. The highest BCUT2D eigenvalue weighted by Gasteiger charge is 2.23. The van der Waals surface area contributed by atoms with Crippen molar-refractivity contribution in [1.82, 2.24) is 9.88 Å². The summed E-state index contributed by atoms with van der Waals surface area (Å²) < 4.78 is 0. The molecule has 5 heteroatoms. The zero-order valence-corrected chi connectivity index (χ0v) is 13.5. The van der Waals surface area contributed by atoms with Crippen molar-refractivity contribution >= 4 is 23.1 Å². The number of carbonyl (C=O) groups excluding carboxylic acids is 1. The molecule has 1 amide bonds. The first kappa shape index (κ1) is 15.5. The van der Waals surface area contributed by atoms with Crippen LogP contribution in [0.15, 0.2) is 35.2 Å². The van der Waals surface area contributed by atoms with Gasteiger partial charge in [-0.15, -0.1) is 0 Å². The van der Waals surface area contributed by atoms with Gasteiger partial charge in [-0.25, -0.2) is 4.98 Å². The second kappa shape index (κ2) is 7.22. The zero-order valence-electron chi connectivity index (χ0n) is 12.7. The number of pyridine rings is 1. The Bertz CT molecular complexity index is 583. The van der Waals surface area contributed by atoms with E-state index < -0.39 is 0 Å². The Morgan fingerprint density at radius 2 is 2.29 bits per heavy atom. The van der Waals surface area contributed by atoms with E-state index in [1.165, 1.54) is 5.56 Å². The Kier molecular flexibility index (Phi) is 5.33. The van der Waals surface area contributed by atoms with Crippen LogP contribution in [0.25, 0.3) is 0 Å². The van der Waals surface area contributed by atoms with Crippen LogP contribution in [-0.4, -0.2) is 28.9 Å². The molecular formula is C16H21N3OS. The van der Waals surface area contributed by atoms with Crippen molar-refractivity contribution < 1.29 is 4.79 Å². The summed E-state index contributed by atoms with van der Waals surface area (Å²) in [5.74, 6) is 0.647. The normalized spacial score (nSPS) is 12.0. The number of hydrogen-bond acceptors (Lipinski definition) is 4. The number of thiophene rings is 1. The van der Waals surface area contributed by atoms with Crippen molar-refractivity contribution in [3.63, 3.8) is 0 Å². The van der Waals surface area contributed by atoms with Crippen molar-refractivity contribution in [1.29, 1.82) is 0 Å². The number of carbonyl (C=O) groups is 1. The first-order valence-corrected chi connectivity index (χ1v) is 8.06. The van der Waals surface area contributed by atoms with E-state index in [0.717, 1.165) is 6.42 Å². The molecule has 0 aliphatic rings. The van der Waals surface area contributed by atoms with Gasteiger partial charge < -0.3 is 10.2 Å². The summed E-state index contributed by atoms with van der Waals surface area (Å²) in [5, 5.41) is 7.12. The number of aromatic nitrogens is 1. The highest BCUT2D eigenvalue weighted by molar-refractivity contribution is 7.07. The molecule has 0 aromatic carbocycles. The number of hydrogen-bond donors (Lipinski definition) is 1. The van der Waals surface area contributed by atoms with Crippen LogP contribution >= 0.6 is 11.3 Å². The summed E-state index contributed by atoms with van der Waals surface area (Å²) in [5.41, 5.74) is 1.79.